The van der Waals surface area contributed by atoms with Crippen LogP contribution in [0, 0.1) is 13.8 Å². The van der Waals surface area contributed by atoms with Crippen molar-refractivity contribution in [2.24, 2.45) is 0 Å². The highest BCUT2D eigenvalue weighted by Crippen LogP contribution is 2.12. The zero-order valence-corrected chi connectivity index (χ0v) is 9.97. The van der Waals surface area contributed by atoms with Crippen LogP contribution < -0.4 is 0 Å². The summed E-state index contributed by atoms with van der Waals surface area (Å²) in [6, 6.07) is 11.2. The lowest BCUT2D eigenvalue weighted by atomic mass is 10.1. The molecule has 3 heteroatoms. The van der Waals surface area contributed by atoms with Gasteiger partial charge in [0, 0.05) is 17.9 Å². The smallest absolute Gasteiger partial charge is 0.335 e. The second-order valence-electron chi connectivity index (χ2n) is 4.21. The Morgan fingerprint density at radius 3 is 2.41 bits per heavy atom. The third kappa shape index (κ3) is 2.38. The van der Waals surface area contributed by atoms with E-state index in [-0.39, 0.29) is 0 Å². The molecule has 0 bridgehead atoms. The molecular formula is C14H15NO2. The van der Waals surface area contributed by atoms with E-state index in [1.54, 1.807) is 18.2 Å². The number of hydrogen-bond donors (Lipinski definition) is 1. The molecule has 17 heavy (non-hydrogen) atoms. The van der Waals surface area contributed by atoms with Crippen LogP contribution in [0.1, 0.15) is 27.3 Å². The monoisotopic (exact) mass is 229 g/mol. The average Bonchev–Trinajstić information content (AvgIpc) is 2.61. The van der Waals surface area contributed by atoms with Crippen molar-refractivity contribution in [1.29, 1.82) is 0 Å². The summed E-state index contributed by atoms with van der Waals surface area (Å²) in [6.45, 7) is 4.81. The van der Waals surface area contributed by atoms with Gasteiger partial charge in [-0.3, -0.25) is 0 Å². The van der Waals surface area contributed by atoms with Crippen LogP contribution in [-0.4, -0.2) is 15.6 Å². The molecule has 0 aliphatic rings. The van der Waals surface area contributed by atoms with Crippen LogP contribution >= 0.6 is 0 Å². The summed E-state index contributed by atoms with van der Waals surface area (Å²) in [5.74, 6) is -0.882. The van der Waals surface area contributed by atoms with E-state index in [0.717, 1.165) is 5.56 Å². The van der Waals surface area contributed by atoms with Gasteiger partial charge >= 0.3 is 5.97 Å². The molecule has 0 spiro atoms. The van der Waals surface area contributed by atoms with Gasteiger partial charge in [-0.1, -0.05) is 12.1 Å². The molecule has 1 heterocycles. The Morgan fingerprint density at radius 1 is 1.18 bits per heavy atom. The Bertz CT molecular complexity index is 536. The van der Waals surface area contributed by atoms with E-state index < -0.39 is 5.97 Å². The van der Waals surface area contributed by atoms with Gasteiger partial charge in [0.15, 0.2) is 0 Å². The number of benzene rings is 1. The molecule has 1 aromatic carbocycles. The summed E-state index contributed by atoms with van der Waals surface area (Å²) in [5.41, 5.74) is 3.71. The van der Waals surface area contributed by atoms with Crippen molar-refractivity contribution < 1.29 is 9.90 Å². The second kappa shape index (κ2) is 4.45. The van der Waals surface area contributed by atoms with Gasteiger partial charge < -0.3 is 9.67 Å². The standard InChI is InChI=1S/C14H15NO2/c1-10-6-7-11(2)15(10)9-12-4-3-5-13(8-12)14(16)17/h3-8H,9H2,1-2H3,(H,16,17). The fraction of sp³-hybridized carbons (Fsp3) is 0.214. The van der Waals surface area contributed by atoms with Crippen molar-refractivity contribution in [2.75, 3.05) is 0 Å². The highest BCUT2D eigenvalue weighted by atomic mass is 16.4. The van der Waals surface area contributed by atoms with E-state index in [0.29, 0.717) is 12.1 Å². The second-order valence-corrected chi connectivity index (χ2v) is 4.21. The van der Waals surface area contributed by atoms with E-state index >= 15 is 0 Å². The molecule has 0 radical (unpaired) electrons. The van der Waals surface area contributed by atoms with Crippen molar-refractivity contribution in [3.63, 3.8) is 0 Å². The van der Waals surface area contributed by atoms with Gasteiger partial charge in [0.2, 0.25) is 0 Å². The van der Waals surface area contributed by atoms with Crippen molar-refractivity contribution in [3.05, 3.63) is 58.9 Å². The lowest BCUT2D eigenvalue weighted by Crippen LogP contribution is -2.05. The number of aryl methyl sites for hydroxylation is 2. The summed E-state index contributed by atoms with van der Waals surface area (Å²) in [6.07, 6.45) is 0. The molecule has 1 aromatic heterocycles. The largest absolute Gasteiger partial charge is 0.478 e. The fourth-order valence-corrected chi connectivity index (χ4v) is 1.93. The molecular weight excluding hydrogens is 214 g/mol. The third-order valence-corrected chi connectivity index (χ3v) is 2.93. The van der Waals surface area contributed by atoms with Crippen LogP contribution in [0.2, 0.25) is 0 Å². The first-order chi connectivity index (χ1) is 8.08. The molecule has 0 amide bonds. The van der Waals surface area contributed by atoms with Gasteiger partial charge in [-0.25, -0.2) is 4.79 Å². The maximum absolute atomic E-state index is 10.9. The Hall–Kier alpha value is -2.03. The molecule has 0 aliphatic carbocycles. The predicted octanol–water partition coefficient (Wildman–Crippen LogP) is 2.85. The van der Waals surface area contributed by atoms with Gasteiger partial charge in [-0.2, -0.15) is 0 Å². The fourth-order valence-electron chi connectivity index (χ4n) is 1.93. The zero-order chi connectivity index (χ0) is 12.4. The van der Waals surface area contributed by atoms with E-state index in [1.807, 2.05) is 19.9 Å². The summed E-state index contributed by atoms with van der Waals surface area (Å²) >= 11 is 0. The number of rotatable bonds is 3. The van der Waals surface area contributed by atoms with Gasteiger partial charge in [-0.15, -0.1) is 0 Å². The summed E-state index contributed by atoms with van der Waals surface area (Å²) in [7, 11) is 0. The average molecular weight is 229 g/mol. The minimum absolute atomic E-state index is 0.338. The van der Waals surface area contributed by atoms with Crippen LogP contribution in [0.25, 0.3) is 0 Å². The molecule has 2 aromatic rings. The Labute approximate surface area is 100 Å². The van der Waals surface area contributed by atoms with E-state index in [9.17, 15) is 4.79 Å². The first-order valence-corrected chi connectivity index (χ1v) is 5.53. The molecule has 0 atom stereocenters. The van der Waals surface area contributed by atoms with Crippen LogP contribution in [-0.2, 0) is 6.54 Å². The number of hydrogen-bond acceptors (Lipinski definition) is 1. The number of aromatic nitrogens is 1. The van der Waals surface area contributed by atoms with Gasteiger partial charge in [0.25, 0.3) is 0 Å². The molecule has 3 nitrogen and oxygen atoms in total. The lowest BCUT2D eigenvalue weighted by Gasteiger charge is -2.09. The molecule has 2 rings (SSSR count). The predicted molar refractivity (Wildman–Crippen MR) is 66.4 cm³/mol. The van der Waals surface area contributed by atoms with Gasteiger partial charge in [0.05, 0.1) is 5.56 Å². The van der Waals surface area contributed by atoms with Crippen molar-refractivity contribution in [2.45, 2.75) is 20.4 Å². The van der Waals surface area contributed by atoms with Gasteiger partial charge in [0.1, 0.15) is 0 Å². The molecule has 0 saturated heterocycles. The summed E-state index contributed by atoms with van der Waals surface area (Å²) < 4.78 is 2.17. The number of nitrogens with zero attached hydrogens (tertiary/aromatic N) is 1. The maximum atomic E-state index is 10.9. The topological polar surface area (TPSA) is 42.2 Å². The molecule has 0 fully saturated rings. The summed E-state index contributed by atoms with van der Waals surface area (Å²) in [4.78, 5) is 10.9. The third-order valence-electron chi connectivity index (χ3n) is 2.93. The zero-order valence-electron chi connectivity index (χ0n) is 9.97. The van der Waals surface area contributed by atoms with Crippen molar-refractivity contribution >= 4 is 5.97 Å². The minimum atomic E-state index is -0.882. The molecule has 88 valence electrons. The van der Waals surface area contributed by atoms with E-state index in [2.05, 4.69) is 16.7 Å². The quantitative estimate of drug-likeness (QED) is 0.879. The van der Waals surface area contributed by atoms with Crippen LogP contribution in [0.15, 0.2) is 36.4 Å². The lowest BCUT2D eigenvalue weighted by molar-refractivity contribution is 0.0697. The molecule has 0 unspecified atom stereocenters. The Balaban J connectivity index is 2.30. The summed E-state index contributed by atoms with van der Waals surface area (Å²) in [5, 5.41) is 8.94. The van der Waals surface area contributed by atoms with E-state index in [1.165, 1.54) is 11.4 Å². The minimum Gasteiger partial charge on any atom is -0.478 e. The normalized spacial score (nSPS) is 10.5. The van der Waals surface area contributed by atoms with Crippen LogP contribution in [0.3, 0.4) is 0 Å². The highest BCUT2D eigenvalue weighted by molar-refractivity contribution is 5.87. The first kappa shape index (κ1) is 11.5. The van der Waals surface area contributed by atoms with Gasteiger partial charge in [-0.05, 0) is 43.7 Å². The number of carbonyl (C=O) groups is 1. The first-order valence-electron chi connectivity index (χ1n) is 5.53. The molecule has 0 aliphatic heterocycles. The Morgan fingerprint density at radius 2 is 1.82 bits per heavy atom. The molecule has 1 N–H and O–H groups in total. The van der Waals surface area contributed by atoms with Crippen LogP contribution in [0.5, 0.6) is 0 Å². The van der Waals surface area contributed by atoms with Crippen molar-refractivity contribution in [3.8, 4) is 0 Å². The van der Waals surface area contributed by atoms with Crippen LogP contribution in [0.4, 0.5) is 0 Å². The van der Waals surface area contributed by atoms with Crippen molar-refractivity contribution in [1.82, 2.24) is 4.57 Å². The number of carboxylic acid groups (broad SMARTS) is 1. The maximum Gasteiger partial charge on any atom is 0.335 e. The van der Waals surface area contributed by atoms with E-state index in [4.69, 9.17) is 5.11 Å². The highest BCUT2D eigenvalue weighted by Gasteiger charge is 2.05. The Kier molecular flexibility index (Phi) is 3.00. The number of carboxylic acids is 1. The number of aromatic carboxylic acids is 1. The SMILES string of the molecule is Cc1ccc(C)n1Cc1cccc(C(=O)O)c1. The molecule has 0 saturated carbocycles.